The molecule has 1 fully saturated rings. The zero-order valence-electron chi connectivity index (χ0n) is 15.2. The number of rotatable bonds is 7. The van der Waals surface area contributed by atoms with Gasteiger partial charge in [-0.2, -0.15) is 0 Å². The Labute approximate surface area is 154 Å². The number of methoxy groups -OCH3 is 1. The Kier molecular flexibility index (Phi) is 6.12. The first-order valence-electron chi connectivity index (χ1n) is 9.01. The van der Waals surface area contributed by atoms with E-state index in [1.54, 1.807) is 7.11 Å². The highest BCUT2D eigenvalue weighted by Crippen LogP contribution is 2.22. The van der Waals surface area contributed by atoms with Gasteiger partial charge in [0, 0.05) is 30.9 Å². The predicted molar refractivity (Wildman–Crippen MR) is 102 cm³/mol. The normalized spacial score (nSPS) is 16.4. The second-order valence-electron chi connectivity index (χ2n) is 6.64. The van der Waals surface area contributed by atoms with E-state index in [9.17, 15) is 4.79 Å². The van der Waals surface area contributed by atoms with Gasteiger partial charge in [0.05, 0.1) is 19.6 Å². The van der Waals surface area contributed by atoms with Crippen molar-refractivity contribution in [2.75, 3.05) is 26.0 Å². The number of nitrogens with two attached hydrogens (primary N) is 1. The number of hydrogen-bond donors (Lipinski definition) is 1. The molecule has 26 heavy (non-hydrogen) atoms. The van der Waals surface area contributed by atoms with Gasteiger partial charge in [-0.3, -0.25) is 4.79 Å². The van der Waals surface area contributed by atoms with E-state index in [2.05, 4.69) is 0 Å². The second kappa shape index (κ2) is 8.72. The van der Waals surface area contributed by atoms with Crippen molar-refractivity contribution >= 4 is 11.6 Å². The third-order valence-corrected chi connectivity index (χ3v) is 4.69. The van der Waals surface area contributed by atoms with Crippen LogP contribution in [0.2, 0.25) is 0 Å². The van der Waals surface area contributed by atoms with Gasteiger partial charge in [-0.25, -0.2) is 0 Å². The zero-order valence-corrected chi connectivity index (χ0v) is 15.2. The molecule has 0 radical (unpaired) electrons. The Hall–Kier alpha value is -2.53. The van der Waals surface area contributed by atoms with Crippen LogP contribution in [0.1, 0.15) is 24.0 Å². The first-order chi connectivity index (χ1) is 12.7. The van der Waals surface area contributed by atoms with Crippen molar-refractivity contribution in [3.8, 4) is 5.75 Å². The fourth-order valence-electron chi connectivity index (χ4n) is 3.25. The molecule has 1 atom stereocenters. The number of ether oxygens (including phenoxy) is 2. The molecule has 0 aliphatic carbocycles. The lowest BCUT2D eigenvalue weighted by atomic mass is 10.1. The number of nitrogens with zero attached hydrogens (tertiary/aromatic N) is 1. The molecule has 1 saturated heterocycles. The van der Waals surface area contributed by atoms with Crippen molar-refractivity contribution in [1.82, 2.24) is 4.90 Å². The highest BCUT2D eigenvalue weighted by molar-refractivity contribution is 5.79. The summed E-state index contributed by atoms with van der Waals surface area (Å²) in [7, 11) is 1.65. The second-order valence-corrected chi connectivity index (χ2v) is 6.64. The van der Waals surface area contributed by atoms with Gasteiger partial charge in [0.2, 0.25) is 5.91 Å². The number of carbonyl (C=O) groups is 1. The SMILES string of the molecule is COc1ccccc1CN(CC1CCCO1)C(=O)Cc1ccc(N)cc1. The molecule has 2 aromatic rings. The van der Waals surface area contributed by atoms with E-state index in [0.29, 0.717) is 25.2 Å². The van der Waals surface area contributed by atoms with E-state index in [4.69, 9.17) is 15.2 Å². The fourth-order valence-corrected chi connectivity index (χ4v) is 3.25. The molecule has 138 valence electrons. The highest BCUT2D eigenvalue weighted by Gasteiger charge is 2.23. The zero-order chi connectivity index (χ0) is 18.4. The molecule has 1 amide bonds. The van der Waals surface area contributed by atoms with Crippen LogP contribution in [0.15, 0.2) is 48.5 Å². The molecule has 5 nitrogen and oxygen atoms in total. The molecular weight excluding hydrogens is 328 g/mol. The molecule has 0 bridgehead atoms. The first kappa shape index (κ1) is 18.3. The summed E-state index contributed by atoms with van der Waals surface area (Å²) in [6.45, 7) is 1.89. The van der Waals surface area contributed by atoms with E-state index in [1.807, 2.05) is 53.4 Å². The van der Waals surface area contributed by atoms with Gasteiger partial charge in [-0.1, -0.05) is 30.3 Å². The van der Waals surface area contributed by atoms with Crippen LogP contribution in [0.3, 0.4) is 0 Å². The molecule has 3 rings (SSSR count). The van der Waals surface area contributed by atoms with Crippen LogP contribution in [0.4, 0.5) is 5.69 Å². The largest absolute Gasteiger partial charge is 0.496 e. The Balaban J connectivity index is 1.75. The number of amides is 1. The van der Waals surface area contributed by atoms with Gasteiger partial charge in [0.1, 0.15) is 5.75 Å². The van der Waals surface area contributed by atoms with E-state index >= 15 is 0 Å². The highest BCUT2D eigenvalue weighted by atomic mass is 16.5. The van der Waals surface area contributed by atoms with Crippen LogP contribution >= 0.6 is 0 Å². The maximum Gasteiger partial charge on any atom is 0.227 e. The number of para-hydroxylation sites is 1. The van der Waals surface area contributed by atoms with E-state index in [1.165, 1.54) is 0 Å². The van der Waals surface area contributed by atoms with Crippen LogP contribution < -0.4 is 10.5 Å². The van der Waals surface area contributed by atoms with Gasteiger partial charge in [0.15, 0.2) is 0 Å². The summed E-state index contributed by atoms with van der Waals surface area (Å²) < 4.78 is 11.2. The minimum absolute atomic E-state index is 0.0798. The van der Waals surface area contributed by atoms with Gasteiger partial charge in [0.25, 0.3) is 0 Å². The number of benzene rings is 2. The van der Waals surface area contributed by atoms with E-state index in [-0.39, 0.29) is 12.0 Å². The van der Waals surface area contributed by atoms with Gasteiger partial charge in [-0.15, -0.1) is 0 Å². The van der Waals surface area contributed by atoms with Crippen LogP contribution in [-0.2, 0) is 22.5 Å². The van der Waals surface area contributed by atoms with Crippen molar-refractivity contribution in [1.29, 1.82) is 0 Å². The predicted octanol–water partition coefficient (Wildman–Crippen LogP) is 3.03. The van der Waals surface area contributed by atoms with Gasteiger partial charge >= 0.3 is 0 Å². The minimum Gasteiger partial charge on any atom is -0.496 e. The van der Waals surface area contributed by atoms with Crippen LogP contribution in [-0.4, -0.2) is 37.2 Å². The Morgan fingerprint density at radius 2 is 2.00 bits per heavy atom. The van der Waals surface area contributed by atoms with Crippen LogP contribution in [0.25, 0.3) is 0 Å². The molecule has 5 heteroatoms. The number of carbonyl (C=O) groups excluding carboxylic acids is 1. The van der Waals surface area contributed by atoms with Gasteiger partial charge < -0.3 is 20.1 Å². The smallest absolute Gasteiger partial charge is 0.227 e. The lowest BCUT2D eigenvalue weighted by molar-refractivity contribution is -0.132. The summed E-state index contributed by atoms with van der Waals surface area (Å²) in [5, 5.41) is 0. The molecule has 0 spiro atoms. The molecular formula is C21H26N2O3. The Bertz CT molecular complexity index is 724. The Morgan fingerprint density at radius 1 is 1.23 bits per heavy atom. The maximum atomic E-state index is 13.0. The van der Waals surface area contributed by atoms with Crippen LogP contribution in [0.5, 0.6) is 5.75 Å². The topological polar surface area (TPSA) is 64.8 Å². The molecule has 1 aliphatic rings. The van der Waals surface area contributed by atoms with Crippen molar-refractivity contribution in [2.45, 2.75) is 31.9 Å². The Morgan fingerprint density at radius 3 is 2.69 bits per heavy atom. The standard InChI is InChI=1S/C21H26N2O3/c1-25-20-7-3-2-5-17(20)14-23(15-19-6-4-12-26-19)21(24)13-16-8-10-18(22)11-9-16/h2-3,5,7-11,19H,4,6,12-15,22H2,1H3. The van der Waals surface area contributed by atoms with Crippen LogP contribution in [0, 0.1) is 0 Å². The molecule has 2 N–H and O–H groups in total. The summed E-state index contributed by atoms with van der Waals surface area (Å²) in [4.78, 5) is 14.9. The van der Waals surface area contributed by atoms with E-state index < -0.39 is 0 Å². The lowest BCUT2D eigenvalue weighted by Gasteiger charge is -2.26. The number of anilines is 1. The fraction of sp³-hybridized carbons (Fsp3) is 0.381. The third-order valence-electron chi connectivity index (χ3n) is 4.69. The summed E-state index contributed by atoms with van der Waals surface area (Å²) >= 11 is 0. The molecule has 0 saturated carbocycles. The van der Waals surface area contributed by atoms with Crippen molar-refractivity contribution in [3.05, 3.63) is 59.7 Å². The average Bonchev–Trinajstić information content (AvgIpc) is 3.16. The average molecular weight is 354 g/mol. The minimum atomic E-state index is 0.0798. The maximum absolute atomic E-state index is 13.0. The first-order valence-corrected chi connectivity index (χ1v) is 9.01. The third kappa shape index (κ3) is 4.76. The molecule has 1 unspecified atom stereocenters. The molecule has 1 aliphatic heterocycles. The summed E-state index contributed by atoms with van der Waals surface area (Å²) in [5.74, 6) is 0.876. The number of nitrogen functional groups attached to an aromatic ring is 1. The quantitative estimate of drug-likeness (QED) is 0.776. The number of hydrogen-bond acceptors (Lipinski definition) is 4. The van der Waals surface area contributed by atoms with E-state index in [0.717, 1.165) is 36.3 Å². The monoisotopic (exact) mass is 354 g/mol. The molecule has 1 heterocycles. The summed E-state index contributed by atoms with van der Waals surface area (Å²) in [6, 6.07) is 15.3. The van der Waals surface area contributed by atoms with Crippen molar-refractivity contribution in [3.63, 3.8) is 0 Å². The van der Waals surface area contributed by atoms with Crippen molar-refractivity contribution < 1.29 is 14.3 Å². The summed E-state index contributed by atoms with van der Waals surface area (Å²) in [6.07, 6.45) is 2.51. The van der Waals surface area contributed by atoms with Crippen molar-refractivity contribution in [2.24, 2.45) is 0 Å². The van der Waals surface area contributed by atoms with Gasteiger partial charge in [-0.05, 0) is 36.6 Å². The molecule has 0 aromatic heterocycles. The lowest BCUT2D eigenvalue weighted by Crippen LogP contribution is -2.38. The summed E-state index contributed by atoms with van der Waals surface area (Å²) in [5.41, 5.74) is 8.39. The molecule has 2 aromatic carbocycles.